The molecule has 1 aliphatic heterocycles. The van der Waals surface area contributed by atoms with Gasteiger partial charge in [-0.2, -0.15) is 0 Å². The monoisotopic (exact) mass is 307 g/mol. The van der Waals surface area contributed by atoms with Gasteiger partial charge in [0.1, 0.15) is 17.0 Å². The second-order valence-corrected chi connectivity index (χ2v) is 7.16. The molecule has 0 saturated heterocycles. The molecular weight excluding hydrogens is 282 g/mol. The fraction of sp³-hybridized carbons (Fsp3) is 0.706. The van der Waals surface area contributed by atoms with Gasteiger partial charge in [-0.3, -0.25) is 9.59 Å². The summed E-state index contributed by atoms with van der Waals surface area (Å²) in [5.41, 5.74) is -0.391. The molecule has 1 heterocycles. The van der Waals surface area contributed by atoms with Crippen LogP contribution in [0.15, 0.2) is 11.1 Å². The smallest absolute Gasteiger partial charge is 0.344 e. The van der Waals surface area contributed by atoms with Crippen molar-refractivity contribution in [2.75, 3.05) is 0 Å². The van der Waals surface area contributed by atoms with Crippen molar-refractivity contribution in [3.05, 3.63) is 11.1 Å². The summed E-state index contributed by atoms with van der Waals surface area (Å²) in [6, 6.07) is 0. The van der Waals surface area contributed by atoms with E-state index in [9.17, 15) is 14.4 Å². The van der Waals surface area contributed by atoms with E-state index in [1.807, 2.05) is 6.92 Å². The van der Waals surface area contributed by atoms with Gasteiger partial charge in [-0.25, -0.2) is 4.79 Å². The van der Waals surface area contributed by atoms with Crippen molar-refractivity contribution >= 4 is 17.7 Å². The fourth-order valence-electron chi connectivity index (χ4n) is 3.59. The predicted molar refractivity (Wildman–Crippen MR) is 82.1 cm³/mol. The number of amides is 1. The molecule has 1 spiro atoms. The first kappa shape index (κ1) is 16.7. The van der Waals surface area contributed by atoms with Gasteiger partial charge in [0.05, 0.1) is 0 Å². The van der Waals surface area contributed by atoms with Crippen LogP contribution in [-0.4, -0.2) is 28.8 Å². The number of hydrogen-bond donors (Lipinski definition) is 1. The third kappa shape index (κ3) is 3.23. The largest absolute Gasteiger partial charge is 0.451 e. The molecular formula is C17H25NO4. The van der Waals surface area contributed by atoms with E-state index in [1.54, 1.807) is 13.8 Å². The molecule has 0 radical (unpaired) electrons. The molecule has 122 valence electrons. The van der Waals surface area contributed by atoms with Gasteiger partial charge in [-0.1, -0.05) is 6.42 Å². The number of esters is 1. The Kier molecular flexibility index (Phi) is 4.45. The highest BCUT2D eigenvalue weighted by atomic mass is 16.6. The number of rotatable bonds is 4. The Morgan fingerprint density at radius 2 is 1.82 bits per heavy atom. The summed E-state index contributed by atoms with van der Waals surface area (Å²) in [5.74, 6) is -0.972. The standard InChI is InChI=1S/C17H25NO4/c1-11(19)10-16(3,4)18-14(20)13-12(2)17(22-15(13)21)8-6-5-7-9-17/h5-10H2,1-4H3,(H,18,20). The van der Waals surface area contributed by atoms with Gasteiger partial charge in [0.25, 0.3) is 5.91 Å². The van der Waals surface area contributed by atoms with Crippen molar-refractivity contribution in [2.24, 2.45) is 0 Å². The maximum Gasteiger partial charge on any atom is 0.344 e. The van der Waals surface area contributed by atoms with Crippen LogP contribution in [0, 0.1) is 0 Å². The molecule has 0 aromatic carbocycles. The highest BCUT2D eigenvalue weighted by Gasteiger charge is 2.48. The minimum absolute atomic E-state index is 0.00579. The summed E-state index contributed by atoms with van der Waals surface area (Å²) >= 11 is 0. The van der Waals surface area contributed by atoms with Crippen LogP contribution in [-0.2, 0) is 19.1 Å². The predicted octanol–water partition coefficient (Wildman–Crippen LogP) is 2.44. The molecule has 1 fully saturated rings. The maximum absolute atomic E-state index is 12.5. The number of carbonyl (C=O) groups excluding carboxylic acids is 3. The Bertz CT molecular complexity index is 539. The zero-order chi connectivity index (χ0) is 16.5. The third-order valence-corrected chi connectivity index (χ3v) is 4.58. The lowest BCUT2D eigenvalue weighted by Crippen LogP contribution is -2.46. The van der Waals surface area contributed by atoms with Crippen LogP contribution in [0.4, 0.5) is 0 Å². The first-order valence-corrected chi connectivity index (χ1v) is 7.93. The molecule has 2 rings (SSSR count). The van der Waals surface area contributed by atoms with Gasteiger partial charge in [0, 0.05) is 12.0 Å². The van der Waals surface area contributed by atoms with Crippen LogP contribution in [0.25, 0.3) is 0 Å². The van der Waals surface area contributed by atoms with Crippen LogP contribution in [0.1, 0.15) is 66.2 Å². The molecule has 0 aromatic rings. The number of ether oxygens (including phenoxy) is 1. The first-order valence-electron chi connectivity index (χ1n) is 7.93. The molecule has 1 saturated carbocycles. The Morgan fingerprint density at radius 1 is 1.23 bits per heavy atom. The van der Waals surface area contributed by atoms with Crippen LogP contribution in [0.3, 0.4) is 0 Å². The Morgan fingerprint density at radius 3 is 2.36 bits per heavy atom. The fourth-order valence-corrected chi connectivity index (χ4v) is 3.59. The van der Waals surface area contributed by atoms with E-state index in [0.29, 0.717) is 0 Å². The summed E-state index contributed by atoms with van der Waals surface area (Å²) in [7, 11) is 0. The number of nitrogens with one attached hydrogen (secondary N) is 1. The zero-order valence-electron chi connectivity index (χ0n) is 13.9. The van der Waals surface area contributed by atoms with Crippen LogP contribution in [0.5, 0.6) is 0 Å². The normalized spacial score (nSPS) is 21.0. The van der Waals surface area contributed by atoms with Gasteiger partial charge < -0.3 is 10.1 Å². The minimum atomic E-state index is -0.682. The SMILES string of the molecule is CC(=O)CC(C)(C)NC(=O)C1=C(C)C2(CCCCC2)OC1=O. The van der Waals surface area contributed by atoms with Gasteiger partial charge in [-0.15, -0.1) is 0 Å². The summed E-state index contributed by atoms with van der Waals surface area (Å²) < 4.78 is 5.59. The van der Waals surface area contributed by atoms with Crippen molar-refractivity contribution < 1.29 is 19.1 Å². The lowest BCUT2D eigenvalue weighted by atomic mass is 9.79. The van der Waals surface area contributed by atoms with Crippen molar-refractivity contribution in [1.82, 2.24) is 5.32 Å². The summed E-state index contributed by atoms with van der Waals surface area (Å²) in [5, 5.41) is 2.79. The molecule has 0 aromatic heterocycles. The number of ketones is 1. The Hall–Kier alpha value is -1.65. The summed E-state index contributed by atoms with van der Waals surface area (Å²) in [6.07, 6.45) is 4.96. The van der Waals surface area contributed by atoms with Crippen LogP contribution in [0.2, 0.25) is 0 Å². The zero-order valence-corrected chi connectivity index (χ0v) is 13.9. The lowest BCUT2D eigenvalue weighted by Gasteiger charge is -2.33. The Balaban J connectivity index is 2.21. The Labute approximate surface area is 131 Å². The third-order valence-electron chi connectivity index (χ3n) is 4.58. The lowest BCUT2D eigenvalue weighted by molar-refractivity contribution is -0.149. The number of carbonyl (C=O) groups is 3. The van der Waals surface area contributed by atoms with E-state index in [1.165, 1.54) is 6.92 Å². The molecule has 22 heavy (non-hydrogen) atoms. The minimum Gasteiger partial charge on any atom is -0.451 e. The second kappa shape index (κ2) is 5.86. The van der Waals surface area contributed by atoms with Gasteiger partial charge in [0.15, 0.2) is 0 Å². The van der Waals surface area contributed by atoms with E-state index in [-0.39, 0.29) is 17.8 Å². The average molecular weight is 307 g/mol. The van der Waals surface area contributed by atoms with E-state index in [2.05, 4.69) is 5.32 Å². The first-order chi connectivity index (χ1) is 10.2. The highest BCUT2D eigenvalue weighted by Crippen LogP contribution is 2.43. The molecule has 1 amide bonds. The molecule has 0 atom stereocenters. The maximum atomic E-state index is 12.5. The quantitative estimate of drug-likeness (QED) is 0.639. The number of Topliss-reactive ketones (excluding diaryl/α,β-unsaturated/α-hetero) is 1. The van der Waals surface area contributed by atoms with Crippen molar-refractivity contribution in [3.8, 4) is 0 Å². The van der Waals surface area contributed by atoms with Crippen LogP contribution < -0.4 is 5.32 Å². The van der Waals surface area contributed by atoms with E-state index < -0.39 is 23.0 Å². The molecule has 2 aliphatic rings. The highest BCUT2D eigenvalue weighted by molar-refractivity contribution is 6.19. The van der Waals surface area contributed by atoms with Gasteiger partial charge in [0.2, 0.25) is 0 Å². The van der Waals surface area contributed by atoms with E-state index in [4.69, 9.17) is 4.74 Å². The molecule has 5 nitrogen and oxygen atoms in total. The summed E-state index contributed by atoms with van der Waals surface area (Å²) in [6.45, 7) is 6.86. The van der Waals surface area contributed by atoms with Gasteiger partial charge in [-0.05, 0) is 59.0 Å². The van der Waals surface area contributed by atoms with E-state index in [0.717, 1.165) is 37.7 Å². The van der Waals surface area contributed by atoms with Crippen LogP contribution >= 0.6 is 0 Å². The topological polar surface area (TPSA) is 72.5 Å². The van der Waals surface area contributed by atoms with Crippen molar-refractivity contribution in [2.45, 2.75) is 77.4 Å². The average Bonchev–Trinajstić information content (AvgIpc) is 2.59. The summed E-state index contributed by atoms with van der Waals surface area (Å²) in [4.78, 5) is 36.0. The van der Waals surface area contributed by atoms with Gasteiger partial charge >= 0.3 is 5.97 Å². The molecule has 0 bridgehead atoms. The molecule has 1 N–H and O–H groups in total. The number of hydrogen-bond acceptors (Lipinski definition) is 4. The van der Waals surface area contributed by atoms with Crippen molar-refractivity contribution in [1.29, 1.82) is 0 Å². The molecule has 1 aliphatic carbocycles. The van der Waals surface area contributed by atoms with Crippen molar-refractivity contribution in [3.63, 3.8) is 0 Å². The molecule has 0 unspecified atom stereocenters. The van der Waals surface area contributed by atoms with E-state index >= 15 is 0 Å². The molecule has 5 heteroatoms. The second-order valence-electron chi connectivity index (χ2n) is 7.16.